The van der Waals surface area contributed by atoms with Crippen LogP contribution in [0.2, 0.25) is 0 Å². The molecular weight excluding hydrogens is 334 g/mol. The molecule has 0 bridgehead atoms. The summed E-state index contributed by atoms with van der Waals surface area (Å²) < 4.78 is 10.7. The maximum atomic E-state index is 12.3. The molecule has 0 saturated carbocycles. The highest BCUT2D eigenvalue weighted by atomic mass is 16.6. The molecule has 2 aliphatic rings. The van der Waals surface area contributed by atoms with Gasteiger partial charge in [0, 0.05) is 25.3 Å². The lowest BCUT2D eigenvalue weighted by molar-refractivity contribution is 0.0258. The minimum absolute atomic E-state index is 0.260. The highest BCUT2D eigenvalue weighted by molar-refractivity contribution is 5.90. The zero-order chi connectivity index (χ0) is 18.9. The number of amides is 2. The van der Waals surface area contributed by atoms with Crippen molar-refractivity contribution in [1.29, 1.82) is 0 Å². The van der Waals surface area contributed by atoms with Crippen molar-refractivity contribution < 1.29 is 19.1 Å². The Morgan fingerprint density at radius 3 is 2.58 bits per heavy atom. The molecule has 0 spiro atoms. The van der Waals surface area contributed by atoms with E-state index >= 15 is 0 Å². The number of cyclic esters (lactones) is 1. The number of fused-ring (bicyclic) bond motifs is 1. The maximum Gasteiger partial charge on any atom is 0.414 e. The van der Waals surface area contributed by atoms with E-state index in [-0.39, 0.29) is 18.3 Å². The lowest BCUT2D eigenvalue weighted by Gasteiger charge is -2.26. The van der Waals surface area contributed by atoms with Crippen LogP contribution in [-0.2, 0) is 22.3 Å². The number of carbonyl (C=O) groups is 2. The van der Waals surface area contributed by atoms with Crippen molar-refractivity contribution in [3.63, 3.8) is 0 Å². The van der Waals surface area contributed by atoms with E-state index in [4.69, 9.17) is 15.2 Å². The summed E-state index contributed by atoms with van der Waals surface area (Å²) >= 11 is 0. The van der Waals surface area contributed by atoms with Crippen LogP contribution in [0.25, 0.3) is 0 Å². The highest BCUT2D eigenvalue weighted by Crippen LogP contribution is 2.26. The summed E-state index contributed by atoms with van der Waals surface area (Å²) in [6.45, 7) is 7.62. The van der Waals surface area contributed by atoms with Crippen molar-refractivity contribution in [3.05, 3.63) is 29.3 Å². The van der Waals surface area contributed by atoms with Crippen LogP contribution in [0.5, 0.6) is 0 Å². The Labute approximate surface area is 154 Å². The van der Waals surface area contributed by atoms with Crippen molar-refractivity contribution in [3.8, 4) is 0 Å². The van der Waals surface area contributed by atoms with Crippen molar-refractivity contribution in [2.75, 3.05) is 31.1 Å². The first-order chi connectivity index (χ1) is 12.3. The summed E-state index contributed by atoms with van der Waals surface area (Å²) in [4.78, 5) is 27.7. The molecule has 1 aromatic carbocycles. The molecule has 0 aromatic heterocycles. The third-order valence-electron chi connectivity index (χ3n) is 4.59. The predicted octanol–water partition coefficient (Wildman–Crippen LogP) is 2.31. The first kappa shape index (κ1) is 18.5. The fourth-order valence-corrected chi connectivity index (χ4v) is 3.24. The minimum Gasteiger partial charge on any atom is -0.444 e. The van der Waals surface area contributed by atoms with E-state index in [1.807, 2.05) is 39.0 Å². The highest BCUT2D eigenvalue weighted by Gasteiger charge is 2.32. The molecule has 0 radical (unpaired) electrons. The molecule has 2 amide bonds. The summed E-state index contributed by atoms with van der Waals surface area (Å²) in [6, 6.07) is 5.99. The lowest BCUT2D eigenvalue weighted by atomic mass is 10.0. The van der Waals surface area contributed by atoms with Crippen LogP contribution in [-0.4, -0.2) is 55.0 Å². The molecule has 7 heteroatoms. The van der Waals surface area contributed by atoms with Gasteiger partial charge in [0.15, 0.2) is 0 Å². The van der Waals surface area contributed by atoms with Crippen LogP contribution < -0.4 is 10.6 Å². The van der Waals surface area contributed by atoms with Crippen LogP contribution in [0, 0.1) is 0 Å². The van der Waals surface area contributed by atoms with Gasteiger partial charge < -0.3 is 20.1 Å². The fraction of sp³-hybridized carbons (Fsp3) is 0.579. The van der Waals surface area contributed by atoms with Gasteiger partial charge >= 0.3 is 12.2 Å². The Morgan fingerprint density at radius 1 is 1.27 bits per heavy atom. The van der Waals surface area contributed by atoms with Crippen LogP contribution >= 0.6 is 0 Å². The lowest BCUT2D eigenvalue weighted by Crippen LogP contribution is -2.38. The van der Waals surface area contributed by atoms with Gasteiger partial charge in [-0.3, -0.25) is 4.90 Å². The van der Waals surface area contributed by atoms with Gasteiger partial charge in [-0.25, -0.2) is 9.59 Å². The second-order valence-corrected chi connectivity index (χ2v) is 7.77. The normalized spacial score (nSPS) is 20.5. The van der Waals surface area contributed by atoms with Crippen molar-refractivity contribution >= 4 is 17.9 Å². The minimum atomic E-state index is -0.501. The SMILES string of the molecule is CC(C)(C)OC(=O)N1CCc2ccc(N3CC(CN)OC3=O)cc2CC1. The number of nitrogens with two attached hydrogens (primary N) is 1. The Kier molecular flexibility index (Phi) is 5.09. The van der Waals surface area contributed by atoms with Crippen LogP contribution in [0.15, 0.2) is 18.2 Å². The molecule has 1 fully saturated rings. The largest absolute Gasteiger partial charge is 0.444 e. The second-order valence-electron chi connectivity index (χ2n) is 7.77. The molecule has 0 aliphatic carbocycles. The molecule has 7 nitrogen and oxygen atoms in total. The number of nitrogens with zero attached hydrogens (tertiary/aromatic N) is 2. The van der Waals surface area contributed by atoms with E-state index in [9.17, 15) is 9.59 Å². The van der Waals surface area contributed by atoms with E-state index in [1.54, 1.807) is 9.80 Å². The smallest absolute Gasteiger partial charge is 0.414 e. The second kappa shape index (κ2) is 7.15. The van der Waals surface area contributed by atoms with E-state index in [0.29, 0.717) is 26.2 Å². The average Bonchev–Trinajstić information content (AvgIpc) is 2.81. The molecule has 1 unspecified atom stereocenters. The quantitative estimate of drug-likeness (QED) is 0.874. The van der Waals surface area contributed by atoms with Crippen molar-refractivity contribution in [2.24, 2.45) is 5.73 Å². The number of hydrogen-bond donors (Lipinski definition) is 1. The third-order valence-corrected chi connectivity index (χ3v) is 4.59. The number of rotatable bonds is 2. The third kappa shape index (κ3) is 4.09. The Hall–Kier alpha value is -2.28. The molecule has 1 saturated heterocycles. The summed E-state index contributed by atoms with van der Waals surface area (Å²) in [7, 11) is 0. The van der Waals surface area contributed by atoms with Crippen LogP contribution in [0.3, 0.4) is 0 Å². The summed E-state index contributed by atoms with van der Waals surface area (Å²) in [5, 5.41) is 0. The topological polar surface area (TPSA) is 85.1 Å². The molecule has 2 N–H and O–H groups in total. The van der Waals surface area contributed by atoms with Gasteiger partial charge in [0.05, 0.1) is 6.54 Å². The number of anilines is 1. The number of benzene rings is 1. The average molecular weight is 361 g/mol. The van der Waals surface area contributed by atoms with Gasteiger partial charge in [0.1, 0.15) is 11.7 Å². The molecule has 3 rings (SSSR count). The van der Waals surface area contributed by atoms with Crippen LogP contribution in [0.4, 0.5) is 15.3 Å². The van der Waals surface area contributed by atoms with E-state index < -0.39 is 5.60 Å². The standard InChI is InChI=1S/C19H27N3O4/c1-19(2,3)26-17(23)21-8-6-13-4-5-15(10-14(13)7-9-21)22-12-16(11-20)25-18(22)24/h4-5,10,16H,6-9,11-12,20H2,1-3H3. The molecule has 26 heavy (non-hydrogen) atoms. The zero-order valence-corrected chi connectivity index (χ0v) is 15.7. The monoisotopic (exact) mass is 361 g/mol. The Morgan fingerprint density at radius 2 is 1.96 bits per heavy atom. The van der Waals surface area contributed by atoms with Gasteiger partial charge in [-0.2, -0.15) is 0 Å². The van der Waals surface area contributed by atoms with Crippen molar-refractivity contribution in [1.82, 2.24) is 4.90 Å². The van der Waals surface area contributed by atoms with Gasteiger partial charge in [-0.05, 0) is 56.9 Å². The molecule has 2 heterocycles. The predicted molar refractivity (Wildman–Crippen MR) is 98.3 cm³/mol. The van der Waals surface area contributed by atoms with E-state index in [0.717, 1.165) is 24.1 Å². The summed E-state index contributed by atoms with van der Waals surface area (Å²) in [5.41, 5.74) is 8.26. The van der Waals surface area contributed by atoms with Gasteiger partial charge in [-0.15, -0.1) is 0 Å². The maximum absolute atomic E-state index is 12.3. The van der Waals surface area contributed by atoms with Crippen molar-refractivity contribution in [2.45, 2.75) is 45.3 Å². The van der Waals surface area contributed by atoms with Gasteiger partial charge in [0.2, 0.25) is 0 Å². The summed E-state index contributed by atoms with van der Waals surface area (Å²) in [5.74, 6) is 0. The molecule has 142 valence electrons. The first-order valence-electron chi connectivity index (χ1n) is 9.05. The van der Waals surface area contributed by atoms with Gasteiger partial charge in [0.25, 0.3) is 0 Å². The fourth-order valence-electron chi connectivity index (χ4n) is 3.24. The zero-order valence-electron chi connectivity index (χ0n) is 15.7. The molecular formula is C19H27N3O4. The summed E-state index contributed by atoms with van der Waals surface area (Å²) in [6.07, 6.45) is 0.601. The number of hydrogen-bond acceptors (Lipinski definition) is 5. The first-order valence-corrected chi connectivity index (χ1v) is 9.05. The molecule has 1 aromatic rings. The van der Waals surface area contributed by atoms with E-state index in [2.05, 4.69) is 0 Å². The Bertz CT molecular complexity index is 699. The molecule has 1 atom stereocenters. The van der Waals surface area contributed by atoms with Crippen LogP contribution in [0.1, 0.15) is 31.9 Å². The van der Waals surface area contributed by atoms with Gasteiger partial charge in [-0.1, -0.05) is 6.07 Å². The Balaban J connectivity index is 1.71. The number of carbonyl (C=O) groups excluding carboxylic acids is 2. The molecule has 2 aliphatic heterocycles. The number of ether oxygens (including phenoxy) is 2. The van der Waals surface area contributed by atoms with E-state index in [1.165, 1.54) is 5.56 Å².